The zero-order valence-corrected chi connectivity index (χ0v) is 7.84. The fourth-order valence-electron chi connectivity index (χ4n) is 2.68. The summed E-state index contributed by atoms with van der Waals surface area (Å²) in [6, 6.07) is 5.87. The van der Waals surface area contributed by atoms with Crippen molar-refractivity contribution in [1.29, 1.82) is 0 Å². The quantitative estimate of drug-likeness (QED) is 0.638. The van der Waals surface area contributed by atoms with Gasteiger partial charge in [0.05, 0.1) is 0 Å². The van der Waals surface area contributed by atoms with Gasteiger partial charge in [-0.15, -0.1) is 0 Å². The average Bonchev–Trinajstić information content (AvgIpc) is 2.61. The molecule has 2 unspecified atom stereocenters. The highest BCUT2D eigenvalue weighted by molar-refractivity contribution is 6.32. The third kappa shape index (κ3) is 0.992. The monoisotopic (exact) mass is 208 g/mol. The van der Waals surface area contributed by atoms with Gasteiger partial charge >= 0.3 is 0 Å². The van der Waals surface area contributed by atoms with Crippen LogP contribution in [0.1, 0.15) is 43.2 Å². The van der Waals surface area contributed by atoms with E-state index < -0.39 is 0 Å². The molecule has 0 saturated heterocycles. The lowest BCUT2D eigenvalue weighted by Gasteiger charge is -2.13. The Kier molecular flexibility index (Phi) is 2.15. The summed E-state index contributed by atoms with van der Waals surface area (Å²) in [5.74, 6) is 0.676. The molecule has 1 aromatic rings. The Morgan fingerprint density at radius 1 is 1.21 bits per heavy atom. The Morgan fingerprint density at radius 2 is 1.93 bits per heavy atom. The van der Waals surface area contributed by atoms with E-state index >= 15 is 0 Å². The van der Waals surface area contributed by atoms with Crippen LogP contribution in [0.25, 0.3) is 0 Å². The number of carbonyl (C=O) groups is 1. The van der Waals surface area contributed by atoms with Crippen LogP contribution in [-0.2, 0) is 4.79 Å². The third-order valence-corrected chi connectivity index (χ3v) is 3.57. The molecule has 1 aromatic carbocycles. The van der Waals surface area contributed by atoms with Crippen molar-refractivity contribution in [3.05, 3.63) is 34.3 Å². The predicted molar refractivity (Wildman–Crippen MR) is 57.9 cm³/mol. The Labute approximate surface area is 89.1 Å². The van der Waals surface area contributed by atoms with Crippen LogP contribution in [0.3, 0.4) is 0 Å². The lowest BCUT2D eigenvalue weighted by atomic mass is 9.92. The number of carbonyl (C=O) groups excluding carboxylic acids is 1. The van der Waals surface area contributed by atoms with Crippen LogP contribution in [0.2, 0.25) is 5.02 Å². The molecule has 0 heterocycles. The summed E-state index contributed by atoms with van der Waals surface area (Å²) in [6.45, 7) is 0. The van der Waals surface area contributed by atoms with Crippen LogP contribution in [0.5, 0.6) is 0 Å². The Bertz CT molecular complexity index is 397. The molecule has 2 aliphatic carbocycles. The van der Waals surface area contributed by atoms with Gasteiger partial charge in [0, 0.05) is 16.9 Å². The normalized spacial score (nSPS) is 27.4. The van der Waals surface area contributed by atoms with Gasteiger partial charge in [-0.3, -0.25) is 4.79 Å². The van der Waals surface area contributed by atoms with E-state index in [9.17, 15) is 4.79 Å². The highest BCUT2D eigenvalue weighted by Gasteiger charge is 2.45. The third-order valence-electron chi connectivity index (χ3n) is 3.24. The van der Waals surface area contributed by atoms with E-state index in [0.717, 1.165) is 23.4 Å². The first-order valence-corrected chi connectivity index (χ1v) is 4.99. The van der Waals surface area contributed by atoms with Gasteiger partial charge in [-0.1, -0.05) is 31.2 Å². The van der Waals surface area contributed by atoms with Crippen molar-refractivity contribution in [2.45, 2.75) is 32.1 Å². The van der Waals surface area contributed by atoms with Gasteiger partial charge in [0.2, 0.25) is 0 Å². The summed E-state index contributed by atoms with van der Waals surface area (Å²) in [5, 5.41) is 0.776. The number of hydrogen-bond acceptors (Lipinski definition) is 1. The summed E-state index contributed by atoms with van der Waals surface area (Å²) >= 11 is 6.08. The van der Waals surface area contributed by atoms with Crippen LogP contribution in [0, 0.1) is 0 Å². The molecule has 0 aromatic heterocycles. The van der Waals surface area contributed by atoms with Gasteiger partial charge in [0.1, 0.15) is 5.78 Å². The molecule has 0 N–H and O–H groups in total. The van der Waals surface area contributed by atoms with Gasteiger partial charge in [-0.05, 0) is 30.0 Å². The molecule has 0 radical (unpaired) electrons. The number of rotatable bonds is 0. The number of fused-ring (bicyclic) bond motifs is 5. The van der Waals surface area contributed by atoms with Crippen molar-refractivity contribution in [3.63, 3.8) is 0 Å². The SMILES string of the molecule is C.O=C1C2CCC1c1c(Cl)cccc12. The molecule has 2 heteroatoms. The summed E-state index contributed by atoms with van der Waals surface area (Å²) in [5.41, 5.74) is 2.30. The smallest absolute Gasteiger partial charge is 0.147 e. The standard InChI is InChI=1S/C11H9ClO.CH4/c12-9-3-1-2-6-7-4-5-8(10(6)9)11(7)13;/h1-3,7-8H,4-5H2;1H4. The summed E-state index contributed by atoms with van der Waals surface area (Å²) in [7, 11) is 0. The first kappa shape index (κ1) is 9.72. The zero-order chi connectivity index (χ0) is 9.00. The van der Waals surface area contributed by atoms with Crippen molar-refractivity contribution in [1.82, 2.24) is 0 Å². The predicted octanol–water partition coefficient (Wildman–Crippen LogP) is 3.52. The van der Waals surface area contributed by atoms with Crippen molar-refractivity contribution in [3.8, 4) is 0 Å². The maximum Gasteiger partial charge on any atom is 0.147 e. The first-order valence-electron chi connectivity index (χ1n) is 4.61. The highest BCUT2D eigenvalue weighted by atomic mass is 35.5. The minimum atomic E-state index is 0. The topological polar surface area (TPSA) is 17.1 Å². The molecule has 1 nitrogen and oxygen atoms in total. The average molecular weight is 209 g/mol. The van der Waals surface area contributed by atoms with E-state index in [-0.39, 0.29) is 19.3 Å². The molecule has 74 valence electrons. The van der Waals surface area contributed by atoms with Gasteiger partial charge in [0.25, 0.3) is 0 Å². The molecule has 3 rings (SSSR count). The zero-order valence-electron chi connectivity index (χ0n) is 7.09. The van der Waals surface area contributed by atoms with Crippen molar-refractivity contribution < 1.29 is 4.79 Å². The van der Waals surface area contributed by atoms with E-state index in [1.165, 1.54) is 5.56 Å². The maximum absolute atomic E-state index is 11.7. The van der Waals surface area contributed by atoms with E-state index in [1.807, 2.05) is 18.2 Å². The fourth-order valence-corrected chi connectivity index (χ4v) is 2.99. The van der Waals surface area contributed by atoms with E-state index in [1.54, 1.807) is 0 Å². The van der Waals surface area contributed by atoms with Crippen LogP contribution >= 0.6 is 11.6 Å². The van der Waals surface area contributed by atoms with E-state index in [0.29, 0.717) is 5.78 Å². The number of halogens is 1. The van der Waals surface area contributed by atoms with Crippen molar-refractivity contribution in [2.75, 3.05) is 0 Å². The minimum Gasteiger partial charge on any atom is -0.298 e. The van der Waals surface area contributed by atoms with Crippen LogP contribution < -0.4 is 0 Å². The first-order chi connectivity index (χ1) is 6.29. The molecule has 14 heavy (non-hydrogen) atoms. The Hall–Kier alpha value is -0.820. The maximum atomic E-state index is 11.7. The number of Topliss-reactive ketones (excluding diaryl/α,β-unsaturated/α-hetero) is 1. The Balaban J connectivity index is 0.000000750. The lowest BCUT2D eigenvalue weighted by molar-refractivity contribution is -0.119. The summed E-state index contributed by atoms with van der Waals surface area (Å²) in [4.78, 5) is 11.7. The molecule has 2 atom stereocenters. The molecular weight excluding hydrogens is 196 g/mol. The Morgan fingerprint density at radius 3 is 2.64 bits per heavy atom. The summed E-state index contributed by atoms with van der Waals surface area (Å²) < 4.78 is 0. The molecule has 1 fully saturated rings. The van der Waals surface area contributed by atoms with Gasteiger partial charge in [0.15, 0.2) is 0 Å². The molecule has 0 spiro atoms. The lowest BCUT2D eigenvalue weighted by Crippen LogP contribution is -1.99. The molecular formula is C12H13ClO. The second-order valence-corrected chi connectivity index (χ2v) is 4.23. The largest absolute Gasteiger partial charge is 0.298 e. The number of hydrogen-bond donors (Lipinski definition) is 0. The summed E-state index contributed by atoms with van der Waals surface area (Å²) in [6.07, 6.45) is 2.02. The highest BCUT2D eigenvalue weighted by Crippen LogP contribution is 2.52. The van der Waals surface area contributed by atoms with Crippen molar-refractivity contribution in [2.24, 2.45) is 0 Å². The number of benzene rings is 1. The molecule has 0 amide bonds. The van der Waals surface area contributed by atoms with Crippen LogP contribution in [0.15, 0.2) is 18.2 Å². The van der Waals surface area contributed by atoms with Gasteiger partial charge < -0.3 is 0 Å². The fraction of sp³-hybridized carbons (Fsp3) is 0.417. The molecule has 2 bridgehead atoms. The van der Waals surface area contributed by atoms with Gasteiger partial charge in [-0.25, -0.2) is 0 Å². The van der Waals surface area contributed by atoms with Gasteiger partial charge in [-0.2, -0.15) is 0 Å². The van der Waals surface area contributed by atoms with E-state index in [4.69, 9.17) is 11.6 Å². The molecule has 0 aliphatic heterocycles. The minimum absolute atomic E-state index is 0. The van der Waals surface area contributed by atoms with Crippen LogP contribution in [-0.4, -0.2) is 5.78 Å². The van der Waals surface area contributed by atoms with Crippen molar-refractivity contribution >= 4 is 17.4 Å². The molecule has 1 saturated carbocycles. The van der Waals surface area contributed by atoms with E-state index in [2.05, 4.69) is 0 Å². The second kappa shape index (κ2) is 3.09. The molecule has 2 aliphatic rings. The second-order valence-electron chi connectivity index (χ2n) is 3.83. The number of ketones is 1. The van der Waals surface area contributed by atoms with Crippen LogP contribution in [0.4, 0.5) is 0 Å².